The Bertz CT molecular complexity index is 1240. The number of para-hydroxylation sites is 1. The van der Waals surface area contributed by atoms with Gasteiger partial charge in [-0.2, -0.15) is 5.26 Å². The standard InChI is InChI=1S/C24H19ClN2O6/c1-30-22-12-15(11-16(13-26)23(28)27-19-6-4-3-5-18(19)25)7-9-20(22)32-14-17-8-10-21(33-17)24(29)31-2/h3-12H,14H2,1-2H3,(H,27,28). The van der Waals surface area contributed by atoms with Gasteiger partial charge in [0.25, 0.3) is 5.91 Å². The molecule has 0 atom stereocenters. The van der Waals surface area contributed by atoms with Gasteiger partial charge in [0, 0.05) is 0 Å². The highest BCUT2D eigenvalue weighted by atomic mass is 35.5. The highest BCUT2D eigenvalue weighted by Crippen LogP contribution is 2.30. The lowest BCUT2D eigenvalue weighted by Crippen LogP contribution is -2.13. The summed E-state index contributed by atoms with van der Waals surface area (Å²) < 4.78 is 21.0. The third-order valence-electron chi connectivity index (χ3n) is 4.40. The molecule has 0 saturated carbocycles. The van der Waals surface area contributed by atoms with Crippen LogP contribution in [0.2, 0.25) is 5.02 Å². The Morgan fingerprint density at radius 3 is 2.61 bits per heavy atom. The van der Waals surface area contributed by atoms with Crippen molar-refractivity contribution in [3.8, 4) is 17.6 Å². The number of carbonyl (C=O) groups is 2. The predicted octanol–water partition coefficient (Wildman–Crippen LogP) is 4.85. The van der Waals surface area contributed by atoms with Gasteiger partial charge in [0.15, 0.2) is 11.5 Å². The second kappa shape index (κ2) is 10.9. The smallest absolute Gasteiger partial charge is 0.373 e. The molecule has 0 aliphatic rings. The summed E-state index contributed by atoms with van der Waals surface area (Å²) in [6.07, 6.45) is 1.42. The minimum atomic E-state index is -0.593. The van der Waals surface area contributed by atoms with Gasteiger partial charge in [0.1, 0.15) is 24.0 Å². The second-order valence-corrected chi connectivity index (χ2v) is 6.97. The third-order valence-corrected chi connectivity index (χ3v) is 4.73. The average Bonchev–Trinajstić information content (AvgIpc) is 3.31. The van der Waals surface area contributed by atoms with Crippen molar-refractivity contribution in [2.24, 2.45) is 0 Å². The first kappa shape index (κ1) is 23.4. The van der Waals surface area contributed by atoms with Crippen LogP contribution in [0.15, 0.2) is 64.6 Å². The number of nitrogens with zero attached hydrogens (tertiary/aromatic N) is 1. The number of esters is 1. The molecule has 3 aromatic rings. The number of anilines is 1. The van der Waals surface area contributed by atoms with Crippen molar-refractivity contribution in [3.63, 3.8) is 0 Å². The molecule has 3 rings (SSSR count). The van der Waals surface area contributed by atoms with Crippen LogP contribution in [0, 0.1) is 11.3 Å². The summed E-state index contributed by atoms with van der Waals surface area (Å²) in [5.74, 6) is 0.107. The Hall–Kier alpha value is -4.22. The normalized spacial score (nSPS) is 10.8. The van der Waals surface area contributed by atoms with E-state index in [2.05, 4.69) is 10.1 Å². The number of ether oxygens (including phenoxy) is 3. The van der Waals surface area contributed by atoms with Crippen LogP contribution in [0.3, 0.4) is 0 Å². The number of methoxy groups -OCH3 is 2. The van der Waals surface area contributed by atoms with Gasteiger partial charge in [0.05, 0.1) is 24.9 Å². The van der Waals surface area contributed by atoms with Crippen molar-refractivity contribution < 1.29 is 28.2 Å². The molecule has 0 spiro atoms. The molecule has 0 aliphatic heterocycles. The van der Waals surface area contributed by atoms with E-state index < -0.39 is 11.9 Å². The zero-order chi connectivity index (χ0) is 23.8. The van der Waals surface area contributed by atoms with Crippen LogP contribution in [-0.4, -0.2) is 26.1 Å². The van der Waals surface area contributed by atoms with Gasteiger partial charge in [-0.05, 0) is 48.0 Å². The zero-order valence-corrected chi connectivity index (χ0v) is 18.5. The summed E-state index contributed by atoms with van der Waals surface area (Å²) in [4.78, 5) is 24.0. The van der Waals surface area contributed by atoms with E-state index in [1.165, 1.54) is 26.4 Å². The van der Waals surface area contributed by atoms with E-state index in [0.717, 1.165) is 0 Å². The molecule has 0 bridgehead atoms. The lowest BCUT2D eigenvalue weighted by atomic mass is 10.1. The van der Waals surface area contributed by atoms with E-state index in [-0.39, 0.29) is 17.9 Å². The van der Waals surface area contributed by atoms with Gasteiger partial charge >= 0.3 is 5.97 Å². The van der Waals surface area contributed by atoms with Crippen molar-refractivity contribution in [2.45, 2.75) is 6.61 Å². The summed E-state index contributed by atoms with van der Waals surface area (Å²) >= 11 is 6.05. The van der Waals surface area contributed by atoms with Gasteiger partial charge in [-0.25, -0.2) is 4.79 Å². The fourth-order valence-electron chi connectivity index (χ4n) is 2.78. The summed E-state index contributed by atoms with van der Waals surface area (Å²) in [6.45, 7) is 0.0478. The van der Waals surface area contributed by atoms with E-state index in [1.807, 2.05) is 6.07 Å². The molecule has 0 fully saturated rings. The van der Waals surface area contributed by atoms with Crippen molar-refractivity contribution >= 4 is 35.2 Å². The number of nitriles is 1. The average molecular weight is 467 g/mol. The fraction of sp³-hybridized carbons (Fsp3) is 0.125. The third kappa shape index (κ3) is 5.93. The quantitative estimate of drug-likeness (QED) is 0.287. The molecule has 1 amide bonds. The summed E-state index contributed by atoms with van der Waals surface area (Å²) in [5.41, 5.74) is 0.840. The molecule has 1 heterocycles. The first-order valence-electron chi connectivity index (χ1n) is 9.60. The second-order valence-electron chi connectivity index (χ2n) is 6.56. The van der Waals surface area contributed by atoms with Crippen LogP contribution in [0.4, 0.5) is 5.69 Å². The Kier molecular flexibility index (Phi) is 7.73. The lowest BCUT2D eigenvalue weighted by molar-refractivity contribution is -0.112. The van der Waals surface area contributed by atoms with Crippen molar-refractivity contribution in [1.82, 2.24) is 0 Å². The Labute approximate surface area is 194 Å². The number of hydrogen-bond donors (Lipinski definition) is 1. The van der Waals surface area contributed by atoms with Gasteiger partial charge in [-0.3, -0.25) is 4.79 Å². The number of rotatable bonds is 8. The van der Waals surface area contributed by atoms with Crippen LogP contribution in [-0.2, 0) is 16.1 Å². The summed E-state index contributed by atoms with van der Waals surface area (Å²) in [6, 6.07) is 16.6. The highest BCUT2D eigenvalue weighted by molar-refractivity contribution is 6.34. The number of carbonyl (C=O) groups excluding carboxylic acids is 2. The van der Waals surface area contributed by atoms with Crippen LogP contribution < -0.4 is 14.8 Å². The van der Waals surface area contributed by atoms with Crippen LogP contribution in [0.5, 0.6) is 11.5 Å². The monoisotopic (exact) mass is 466 g/mol. The molecular weight excluding hydrogens is 448 g/mol. The van der Waals surface area contributed by atoms with Crippen molar-refractivity contribution in [2.75, 3.05) is 19.5 Å². The summed E-state index contributed by atoms with van der Waals surface area (Å²) in [5, 5.41) is 12.4. The Morgan fingerprint density at radius 1 is 1.12 bits per heavy atom. The maximum atomic E-state index is 12.5. The molecule has 0 radical (unpaired) electrons. The maximum absolute atomic E-state index is 12.5. The SMILES string of the molecule is COC(=O)c1ccc(COc2ccc(C=C(C#N)C(=O)Nc3ccccc3Cl)cc2OC)o1. The molecule has 168 valence electrons. The van der Waals surface area contributed by atoms with Crippen LogP contribution in [0.25, 0.3) is 6.08 Å². The predicted molar refractivity (Wildman–Crippen MR) is 121 cm³/mol. The number of amides is 1. The van der Waals surface area contributed by atoms with Crippen molar-refractivity contribution in [3.05, 3.63) is 82.3 Å². The molecule has 1 aromatic heterocycles. The Morgan fingerprint density at radius 2 is 1.91 bits per heavy atom. The van der Waals surface area contributed by atoms with Crippen LogP contribution in [0.1, 0.15) is 21.9 Å². The molecule has 0 aliphatic carbocycles. The number of halogens is 1. The molecule has 0 unspecified atom stereocenters. The van der Waals surface area contributed by atoms with E-state index in [1.54, 1.807) is 48.5 Å². The zero-order valence-electron chi connectivity index (χ0n) is 17.8. The van der Waals surface area contributed by atoms with E-state index in [0.29, 0.717) is 33.5 Å². The minimum Gasteiger partial charge on any atom is -0.493 e. The van der Waals surface area contributed by atoms with Gasteiger partial charge in [0.2, 0.25) is 5.76 Å². The Balaban J connectivity index is 1.73. The van der Waals surface area contributed by atoms with Crippen LogP contribution >= 0.6 is 11.6 Å². The molecule has 9 heteroatoms. The molecule has 2 aromatic carbocycles. The molecular formula is C24H19ClN2O6. The first-order chi connectivity index (χ1) is 15.9. The van der Waals surface area contributed by atoms with E-state index in [9.17, 15) is 14.9 Å². The lowest BCUT2D eigenvalue weighted by Gasteiger charge is -2.11. The number of nitrogens with one attached hydrogen (secondary N) is 1. The largest absolute Gasteiger partial charge is 0.493 e. The number of hydrogen-bond acceptors (Lipinski definition) is 7. The molecule has 33 heavy (non-hydrogen) atoms. The fourth-order valence-corrected chi connectivity index (χ4v) is 2.96. The van der Waals surface area contributed by atoms with Gasteiger partial charge in [-0.15, -0.1) is 0 Å². The first-order valence-corrected chi connectivity index (χ1v) is 9.98. The summed E-state index contributed by atoms with van der Waals surface area (Å²) in [7, 11) is 2.73. The molecule has 8 nitrogen and oxygen atoms in total. The highest BCUT2D eigenvalue weighted by Gasteiger charge is 2.14. The maximum Gasteiger partial charge on any atom is 0.373 e. The van der Waals surface area contributed by atoms with E-state index in [4.69, 9.17) is 25.5 Å². The number of furan rings is 1. The molecule has 0 saturated heterocycles. The van der Waals surface area contributed by atoms with Gasteiger partial charge < -0.3 is 23.9 Å². The van der Waals surface area contributed by atoms with Crippen molar-refractivity contribution in [1.29, 1.82) is 5.26 Å². The minimum absolute atomic E-state index is 0.0478. The topological polar surface area (TPSA) is 111 Å². The number of benzene rings is 2. The van der Waals surface area contributed by atoms with Gasteiger partial charge in [-0.1, -0.05) is 29.8 Å². The molecule has 1 N–H and O–H groups in total. The van der Waals surface area contributed by atoms with E-state index >= 15 is 0 Å².